The van der Waals surface area contributed by atoms with Gasteiger partial charge in [-0.2, -0.15) is 0 Å². The number of rotatable bonds is 9. The number of carboxylic acid groups (broad SMARTS) is 1. The molecule has 0 saturated carbocycles. The molecular weight excluding hydrogens is 310 g/mol. The SMILES string of the molecule is CC(=O)N[C@@H]([C@@H](O)[C@H](O)[C@H](O)CO)[C@@H](O)[C@@H]([18F])[C@@H]([18F])C(=O)O. The van der Waals surface area contributed by atoms with E-state index in [1.807, 2.05) is 5.32 Å². The lowest BCUT2D eigenvalue weighted by Crippen LogP contribution is -2.60. The minimum Gasteiger partial charge on any atom is -0.479 e. The van der Waals surface area contributed by atoms with Gasteiger partial charge in [0.1, 0.15) is 24.4 Å². The zero-order valence-electron chi connectivity index (χ0n) is 11.5. The molecule has 11 heteroatoms. The van der Waals surface area contributed by atoms with Crippen molar-refractivity contribution in [2.75, 3.05) is 6.61 Å². The van der Waals surface area contributed by atoms with Crippen LogP contribution < -0.4 is 5.32 Å². The van der Waals surface area contributed by atoms with Crippen molar-refractivity contribution in [2.24, 2.45) is 0 Å². The summed E-state index contributed by atoms with van der Waals surface area (Å²) in [6.45, 7) is -0.0975. The molecule has 0 unspecified atom stereocenters. The smallest absolute Gasteiger partial charge is 0.341 e. The Labute approximate surface area is 123 Å². The lowest BCUT2D eigenvalue weighted by molar-refractivity contribution is -0.151. The second kappa shape index (κ2) is 8.90. The largest absolute Gasteiger partial charge is 0.479 e. The lowest BCUT2D eigenvalue weighted by atomic mass is 9.92. The lowest BCUT2D eigenvalue weighted by Gasteiger charge is -2.33. The fourth-order valence-corrected chi connectivity index (χ4v) is 1.66. The minimum absolute atomic E-state index is 0.901. The van der Waals surface area contributed by atoms with E-state index >= 15 is 0 Å². The van der Waals surface area contributed by atoms with Gasteiger partial charge in [0.25, 0.3) is 0 Å². The average Bonchev–Trinajstić information content (AvgIpc) is 2.47. The molecule has 0 aromatic rings. The Balaban J connectivity index is 5.26. The van der Waals surface area contributed by atoms with E-state index in [2.05, 4.69) is 0 Å². The molecule has 0 aliphatic rings. The highest BCUT2D eigenvalue weighted by Crippen LogP contribution is 2.17. The second-order valence-corrected chi connectivity index (χ2v) is 4.63. The van der Waals surface area contributed by atoms with Crippen molar-refractivity contribution in [3.8, 4) is 0 Å². The van der Waals surface area contributed by atoms with Gasteiger partial charge in [0.2, 0.25) is 12.1 Å². The van der Waals surface area contributed by atoms with Gasteiger partial charge in [0, 0.05) is 6.92 Å². The van der Waals surface area contributed by atoms with Gasteiger partial charge in [0.05, 0.1) is 12.6 Å². The van der Waals surface area contributed by atoms with Gasteiger partial charge in [-0.1, -0.05) is 0 Å². The summed E-state index contributed by atoms with van der Waals surface area (Å²) in [5, 5.41) is 56.8. The monoisotopic (exact) mass is 329 g/mol. The molecule has 0 spiro atoms. The van der Waals surface area contributed by atoms with E-state index in [0.29, 0.717) is 0 Å². The van der Waals surface area contributed by atoms with Gasteiger partial charge in [-0.15, -0.1) is 0 Å². The van der Waals surface area contributed by atoms with Crippen LogP contribution in [-0.4, -0.2) is 91.9 Å². The summed E-state index contributed by atoms with van der Waals surface area (Å²) in [5.74, 6) is -3.12. The molecule has 0 bridgehead atoms. The highest BCUT2D eigenvalue weighted by molar-refractivity contribution is 5.74. The van der Waals surface area contributed by atoms with Crippen LogP contribution in [0.2, 0.25) is 0 Å². The summed E-state index contributed by atoms with van der Waals surface area (Å²) in [6.07, 6.45) is -14.9. The first-order valence-electron chi connectivity index (χ1n) is 6.15. The van der Waals surface area contributed by atoms with Crippen LogP contribution in [0.3, 0.4) is 0 Å². The number of nitrogens with one attached hydrogen (secondary N) is 1. The zero-order chi connectivity index (χ0) is 17.6. The molecule has 1 amide bonds. The maximum absolute atomic E-state index is 13.6. The second-order valence-electron chi connectivity index (χ2n) is 4.63. The van der Waals surface area contributed by atoms with Crippen LogP contribution in [0.5, 0.6) is 0 Å². The summed E-state index contributed by atoms with van der Waals surface area (Å²) in [7, 11) is 0. The summed E-state index contributed by atoms with van der Waals surface area (Å²) >= 11 is 0. The first kappa shape index (κ1) is 20.6. The zero-order valence-corrected chi connectivity index (χ0v) is 11.5. The van der Waals surface area contributed by atoms with E-state index in [1.165, 1.54) is 0 Å². The van der Waals surface area contributed by atoms with Crippen molar-refractivity contribution >= 4 is 11.9 Å². The molecule has 0 fully saturated rings. The molecule has 0 saturated heterocycles. The molecule has 0 aliphatic heterocycles. The van der Waals surface area contributed by atoms with Gasteiger partial charge in [-0.3, -0.25) is 4.79 Å². The molecule has 0 radical (unpaired) electrons. The normalized spacial score (nSPS) is 21.1. The topological polar surface area (TPSA) is 168 Å². The van der Waals surface area contributed by atoms with E-state index in [4.69, 9.17) is 10.2 Å². The Morgan fingerprint density at radius 1 is 1.05 bits per heavy atom. The number of alkyl halides is 2. The number of amides is 1. The van der Waals surface area contributed by atoms with Gasteiger partial charge in [-0.05, 0) is 0 Å². The number of hydrogen-bond acceptors (Lipinski definition) is 7. The number of carbonyl (C=O) groups excluding carboxylic acids is 1. The Morgan fingerprint density at radius 3 is 1.91 bits per heavy atom. The van der Waals surface area contributed by atoms with E-state index in [9.17, 15) is 38.8 Å². The molecule has 7 N–H and O–H groups in total. The van der Waals surface area contributed by atoms with E-state index < -0.39 is 61.3 Å². The van der Waals surface area contributed by atoms with Gasteiger partial charge < -0.3 is 36.0 Å². The number of aliphatic hydroxyl groups excluding tert-OH is 5. The summed E-state index contributed by atoms with van der Waals surface area (Å²) in [6, 6.07) is -2.03. The molecule has 7 atom stereocenters. The number of aliphatic carboxylic acids is 1. The fourth-order valence-electron chi connectivity index (χ4n) is 1.66. The number of aliphatic hydroxyl groups is 5. The Morgan fingerprint density at radius 2 is 1.55 bits per heavy atom. The summed E-state index contributed by atoms with van der Waals surface area (Å²) in [5.41, 5.74) is 0. The standard InChI is InChI=1S/C11H19F2NO8/c1-3(16)14-7(10(20)8(18)4(17)2-15)9(19)5(12)6(13)11(21)22/h4-10,15,17-20H,2H2,1H3,(H,14,16)(H,21,22)/t4-,5+,6-,7-,8-,9+,10-/m1/s1/i12-1,13-1. The van der Waals surface area contributed by atoms with E-state index in [-0.39, 0.29) is 0 Å². The molecule has 130 valence electrons. The first-order valence-corrected chi connectivity index (χ1v) is 6.15. The minimum atomic E-state index is -3.14. The maximum Gasteiger partial charge on any atom is 0.341 e. The van der Waals surface area contributed by atoms with Gasteiger partial charge in [0.15, 0.2) is 6.17 Å². The third kappa shape index (κ3) is 5.42. The number of halogens is 2. The average molecular weight is 329 g/mol. The van der Waals surface area contributed by atoms with Crippen molar-refractivity contribution < 1.29 is 49.0 Å². The van der Waals surface area contributed by atoms with Crippen molar-refractivity contribution in [1.29, 1.82) is 0 Å². The molecule has 0 heterocycles. The van der Waals surface area contributed by atoms with Gasteiger partial charge in [-0.25, -0.2) is 13.6 Å². The number of carbonyl (C=O) groups is 2. The Kier molecular flexibility index (Phi) is 8.34. The predicted molar refractivity (Wildman–Crippen MR) is 66.1 cm³/mol. The van der Waals surface area contributed by atoms with Crippen LogP contribution in [0.15, 0.2) is 0 Å². The molecule has 22 heavy (non-hydrogen) atoms. The highest BCUT2D eigenvalue weighted by atomic mass is 18.2. The summed E-state index contributed by atoms with van der Waals surface area (Å²) in [4.78, 5) is 21.3. The third-order valence-electron chi connectivity index (χ3n) is 2.88. The van der Waals surface area contributed by atoms with Crippen molar-refractivity contribution in [3.05, 3.63) is 0 Å². The quantitative estimate of drug-likeness (QED) is 0.231. The molecule has 0 aliphatic carbocycles. The van der Waals surface area contributed by atoms with Crippen molar-refractivity contribution in [1.82, 2.24) is 5.32 Å². The Hall–Kier alpha value is -1.40. The van der Waals surface area contributed by atoms with Crippen LogP contribution in [0.1, 0.15) is 6.92 Å². The molecular formula is C11H19F2NO8. The van der Waals surface area contributed by atoms with E-state index in [1.54, 1.807) is 0 Å². The third-order valence-corrected chi connectivity index (χ3v) is 2.88. The van der Waals surface area contributed by atoms with Crippen molar-refractivity contribution in [2.45, 2.75) is 49.7 Å². The molecule has 0 aromatic heterocycles. The van der Waals surface area contributed by atoms with Crippen LogP contribution in [0.4, 0.5) is 8.78 Å². The van der Waals surface area contributed by atoms with Crippen LogP contribution in [-0.2, 0) is 9.59 Å². The Bertz CT molecular complexity index is 385. The van der Waals surface area contributed by atoms with Crippen LogP contribution in [0.25, 0.3) is 0 Å². The maximum atomic E-state index is 13.6. The fraction of sp³-hybridized carbons (Fsp3) is 0.818. The van der Waals surface area contributed by atoms with Crippen LogP contribution in [0, 0.1) is 0 Å². The highest BCUT2D eigenvalue weighted by Gasteiger charge is 2.43. The number of hydrogen-bond donors (Lipinski definition) is 7. The van der Waals surface area contributed by atoms with E-state index in [0.717, 1.165) is 6.92 Å². The van der Waals surface area contributed by atoms with Crippen LogP contribution >= 0.6 is 0 Å². The van der Waals surface area contributed by atoms with Gasteiger partial charge >= 0.3 is 5.97 Å². The first-order chi connectivity index (χ1) is 10.0. The number of carboxylic acids is 1. The molecule has 0 aromatic carbocycles. The molecule has 9 nitrogen and oxygen atoms in total. The molecule has 0 rings (SSSR count). The van der Waals surface area contributed by atoms with Crippen molar-refractivity contribution in [3.63, 3.8) is 0 Å². The predicted octanol–water partition coefficient (Wildman–Crippen LogP) is -3.31. The summed E-state index contributed by atoms with van der Waals surface area (Å²) < 4.78 is 26.7.